The molecular weight excluding hydrogens is 206 g/mol. The molecule has 16 heavy (non-hydrogen) atoms. The Balaban J connectivity index is 1.89. The minimum Gasteiger partial charge on any atom is -0.393 e. The highest BCUT2D eigenvalue weighted by Crippen LogP contribution is 2.32. The first-order valence-corrected chi connectivity index (χ1v) is 6.13. The number of nitrogens with one attached hydrogen (secondary N) is 1. The Labute approximate surface area is 96.4 Å². The first-order chi connectivity index (χ1) is 7.49. The van der Waals surface area contributed by atoms with Crippen LogP contribution in [0.5, 0.6) is 0 Å². The van der Waals surface area contributed by atoms with Gasteiger partial charge in [-0.25, -0.2) is 0 Å². The van der Waals surface area contributed by atoms with Gasteiger partial charge in [0.1, 0.15) is 0 Å². The van der Waals surface area contributed by atoms with Gasteiger partial charge >= 0.3 is 0 Å². The number of carbonyl (C=O) groups excluding carboxylic acids is 1. The fourth-order valence-electron chi connectivity index (χ4n) is 2.72. The predicted molar refractivity (Wildman–Crippen MR) is 59.8 cm³/mol. The molecule has 0 radical (unpaired) electrons. The van der Waals surface area contributed by atoms with Crippen LogP contribution in [0.2, 0.25) is 0 Å². The van der Waals surface area contributed by atoms with E-state index in [4.69, 9.17) is 9.84 Å². The van der Waals surface area contributed by atoms with Gasteiger partial charge in [-0.15, -0.1) is 0 Å². The summed E-state index contributed by atoms with van der Waals surface area (Å²) < 4.78 is 5.65. The van der Waals surface area contributed by atoms with Crippen molar-refractivity contribution in [3.05, 3.63) is 0 Å². The third-order valence-corrected chi connectivity index (χ3v) is 4.00. The summed E-state index contributed by atoms with van der Waals surface area (Å²) in [5, 5.41) is 12.2. The molecule has 1 amide bonds. The van der Waals surface area contributed by atoms with Gasteiger partial charge in [0.25, 0.3) is 0 Å². The summed E-state index contributed by atoms with van der Waals surface area (Å²) in [4.78, 5) is 12.0. The first kappa shape index (κ1) is 11.9. The Morgan fingerprint density at radius 3 is 2.31 bits per heavy atom. The second-order valence-corrected chi connectivity index (χ2v) is 5.26. The molecule has 1 saturated heterocycles. The van der Waals surface area contributed by atoms with E-state index in [9.17, 15) is 4.79 Å². The molecule has 0 aromatic carbocycles. The van der Waals surface area contributed by atoms with Crippen LogP contribution in [0.3, 0.4) is 0 Å². The molecule has 4 heteroatoms. The maximum absolute atomic E-state index is 12.0. The van der Waals surface area contributed by atoms with Gasteiger partial charge in [-0.05, 0) is 32.6 Å². The SMILES string of the molecule is CC1OC(C)C(C(=O)NC2CC(O)C2)C1C. The fraction of sp³-hybridized carbons (Fsp3) is 0.917. The number of hydrogen-bond donors (Lipinski definition) is 2. The van der Waals surface area contributed by atoms with Crippen LogP contribution in [-0.4, -0.2) is 35.4 Å². The van der Waals surface area contributed by atoms with Gasteiger partial charge in [0.15, 0.2) is 0 Å². The Morgan fingerprint density at radius 1 is 1.25 bits per heavy atom. The molecule has 0 aromatic rings. The second-order valence-electron chi connectivity index (χ2n) is 5.26. The summed E-state index contributed by atoms with van der Waals surface area (Å²) in [5.74, 6) is 0.300. The second kappa shape index (κ2) is 4.34. The lowest BCUT2D eigenvalue weighted by Gasteiger charge is -2.33. The van der Waals surface area contributed by atoms with E-state index < -0.39 is 0 Å². The summed E-state index contributed by atoms with van der Waals surface area (Å²) in [6.45, 7) is 6.04. The Kier molecular flexibility index (Phi) is 3.22. The van der Waals surface area contributed by atoms with Crippen LogP contribution in [0.1, 0.15) is 33.6 Å². The highest BCUT2D eigenvalue weighted by molar-refractivity contribution is 5.80. The van der Waals surface area contributed by atoms with Crippen LogP contribution in [0.4, 0.5) is 0 Å². The first-order valence-electron chi connectivity index (χ1n) is 6.13. The number of aliphatic hydroxyl groups is 1. The van der Waals surface area contributed by atoms with Gasteiger partial charge in [0.05, 0.1) is 24.2 Å². The zero-order valence-electron chi connectivity index (χ0n) is 10.1. The normalized spacial score (nSPS) is 47.5. The number of amides is 1. The molecule has 2 N–H and O–H groups in total. The van der Waals surface area contributed by atoms with E-state index in [2.05, 4.69) is 12.2 Å². The Bertz CT molecular complexity index is 275. The number of aliphatic hydroxyl groups excluding tert-OH is 1. The molecule has 0 aromatic heterocycles. The van der Waals surface area contributed by atoms with E-state index in [0.717, 1.165) is 0 Å². The largest absolute Gasteiger partial charge is 0.393 e. The van der Waals surface area contributed by atoms with Crippen molar-refractivity contribution in [1.82, 2.24) is 5.32 Å². The molecule has 1 saturated carbocycles. The molecule has 2 fully saturated rings. The molecule has 2 aliphatic rings. The zero-order chi connectivity index (χ0) is 11.9. The standard InChI is InChI=1S/C12H21NO3/c1-6-7(2)16-8(3)11(6)12(15)13-9-4-10(14)5-9/h6-11,14H,4-5H2,1-3H3,(H,13,15). The quantitative estimate of drug-likeness (QED) is 0.729. The van der Waals surface area contributed by atoms with Gasteiger partial charge in [0, 0.05) is 6.04 Å². The van der Waals surface area contributed by atoms with Crippen molar-refractivity contribution >= 4 is 5.91 Å². The number of ether oxygens (including phenoxy) is 1. The maximum atomic E-state index is 12.0. The van der Waals surface area contributed by atoms with E-state index in [1.54, 1.807) is 0 Å². The van der Waals surface area contributed by atoms with Crippen LogP contribution in [-0.2, 0) is 9.53 Å². The highest BCUT2D eigenvalue weighted by Gasteiger charge is 2.42. The van der Waals surface area contributed by atoms with E-state index in [1.807, 2.05) is 13.8 Å². The van der Waals surface area contributed by atoms with Gasteiger partial charge in [0.2, 0.25) is 5.91 Å². The number of rotatable bonds is 2. The van der Waals surface area contributed by atoms with Crippen LogP contribution in [0, 0.1) is 11.8 Å². The number of hydrogen-bond acceptors (Lipinski definition) is 3. The molecule has 2 rings (SSSR count). The zero-order valence-corrected chi connectivity index (χ0v) is 10.1. The number of carbonyl (C=O) groups is 1. The third kappa shape index (κ3) is 2.09. The van der Waals surface area contributed by atoms with Gasteiger partial charge < -0.3 is 15.2 Å². The van der Waals surface area contributed by atoms with Crippen molar-refractivity contribution in [2.45, 2.75) is 58.0 Å². The van der Waals surface area contributed by atoms with Crippen LogP contribution in [0.25, 0.3) is 0 Å². The van der Waals surface area contributed by atoms with Crippen molar-refractivity contribution in [3.8, 4) is 0 Å². The maximum Gasteiger partial charge on any atom is 0.226 e. The van der Waals surface area contributed by atoms with Crippen molar-refractivity contribution in [2.75, 3.05) is 0 Å². The summed E-state index contributed by atoms with van der Waals surface area (Å²) in [6, 6.07) is 0.165. The van der Waals surface area contributed by atoms with E-state index in [0.29, 0.717) is 12.8 Å². The van der Waals surface area contributed by atoms with Crippen LogP contribution < -0.4 is 5.32 Å². The molecule has 1 heterocycles. The molecule has 4 atom stereocenters. The Hall–Kier alpha value is -0.610. The van der Waals surface area contributed by atoms with Gasteiger partial charge in [-0.2, -0.15) is 0 Å². The Morgan fingerprint density at radius 2 is 1.88 bits per heavy atom. The summed E-state index contributed by atoms with van der Waals surface area (Å²) >= 11 is 0. The van der Waals surface area contributed by atoms with Crippen LogP contribution in [0.15, 0.2) is 0 Å². The minimum absolute atomic E-state index is 0.00463. The van der Waals surface area contributed by atoms with Gasteiger partial charge in [-0.1, -0.05) is 6.92 Å². The molecule has 4 unspecified atom stereocenters. The summed E-state index contributed by atoms with van der Waals surface area (Å²) in [7, 11) is 0. The lowest BCUT2D eigenvalue weighted by molar-refractivity contribution is -0.129. The highest BCUT2D eigenvalue weighted by atomic mass is 16.5. The monoisotopic (exact) mass is 227 g/mol. The van der Waals surface area contributed by atoms with E-state index in [1.165, 1.54) is 0 Å². The predicted octanol–water partition coefficient (Wildman–Crippen LogP) is 0.685. The smallest absolute Gasteiger partial charge is 0.226 e. The van der Waals surface area contributed by atoms with Crippen molar-refractivity contribution in [3.63, 3.8) is 0 Å². The van der Waals surface area contributed by atoms with Crippen LogP contribution >= 0.6 is 0 Å². The molecule has 0 bridgehead atoms. The van der Waals surface area contributed by atoms with Crippen molar-refractivity contribution < 1.29 is 14.6 Å². The molecular formula is C12H21NO3. The minimum atomic E-state index is -0.223. The summed E-state index contributed by atoms with van der Waals surface area (Å²) in [5.41, 5.74) is 0. The molecule has 92 valence electrons. The molecule has 0 spiro atoms. The molecule has 1 aliphatic heterocycles. The van der Waals surface area contributed by atoms with Crippen molar-refractivity contribution in [2.24, 2.45) is 11.8 Å². The molecule has 4 nitrogen and oxygen atoms in total. The van der Waals surface area contributed by atoms with Gasteiger partial charge in [-0.3, -0.25) is 4.79 Å². The lowest BCUT2D eigenvalue weighted by Crippen LogP contribution is -2.50. The fourth-order valence-corrected chi connectivity index (χ4v) is 2.72. The summed E-state index contributed by atoms with van der Waals surface area (Å²) in [6.07, 6.45) is 1.31. The van der Waals surface area contributed by atoms with E-state index in [-0.39, 0.29) is 42.1 Å². The van der Waals surface area contributed by atoms with Crippen molar-refractivity contribution in [1.29, 1.82) is 0 Å². The average molecular weight is 227 g/mol. The van der Waals surface area contributed by atoms with E-state index >= 15 is 0 Å². The lowest BCUT2D eigenvalue weighted by atomic mass is 9.86. The third-order valence-electron chi connectivity index (χ3n) is 4.00. The topological polar surface area (TPSA) is 58.6 Å². The molecule has 1 aliphatic carbocycles. The average Bonchev–Trinajstić information content (AvgIpc) is 2.38.